The Hall–Kier alpha value is -2.89. The summed E-state index contributed by atoms with van der Waals surface area (Å²) in [6.07, 6.45) is 1.54. The zero-order valence-electron chi connectivity index (χ0n) is 15.2. The van der Waals surface area contributed by atoms with Crippen LogP contribution in [0.5, 0.6) is 0 Å². The van der Waals surface area contributed by atoms with Crippen molar-refractivity contribution in [3.05, 3.63) is 26.4 Å². The number of carbonyl (C=O) groups is 2. The Morgan fingerprint density at radius 3 is 2.54 bits per heavy atom. The van der Waals surface area contributed by atoms with Crippen LogP contribution in [0.1, 0.15) is 43.0 Å². The molecule has 0 bridgehead atoms. The minimum atomic E-state index is -0.767. The highest BCUT2D eigenvalue weighted by atomic mass is 16.5. The van der Waals surface area contributed by atoms with Gasteiger partial charge in [0.25, 0.3) is 5.56 Å². The number of hydrogen-bond acceptors (Lipinski definition) is 7. The summed E-state index contributed by atoms with van der Waals surface area (Å²) in [5.74, 6) is -1.05. The number of nitrogens with zero attached hydrogens (tertiary/aromatic N) is 4. The van der Waals surface area contributed by atoms with Crippen molar-refractivity contribution in [3.8, 4) is 6.07 Å². The number of aromatic nitrogens is 2. The lowest BCUT2D eigenvalue weighted by Crippen LogP contribution is -2.51. The van der Waals surface area contributed by atoms with Crippen molar-refractivity contribution in [2.45, 2.75) is 38.6 Å². The molecule has 1 unspecified atom stereocenters. The molecule has 0 amide bonds. The summed E-state index contributed by atoms with van der Waals surface area (Å²) < 4.78 is 7.13. The monoisotopic (exact) mass is 362 g/mol. The van der Waals surface area contributed by atoms with Crippen LogP contribution < -0.4 is 16.1 Å². The maximum Gasteiger partial charge on any atom is 0.332 e. The van der Waals surface area contributed by atoms with Gasteiger partial charge in [-0.05, 0) is 26.2 Å². The van der Waals surface area contributed by atoms with E-state index in [9.17, 15) is 19.2 Å². The van der Waals surface area contributed by atoms with Crippen LogP contribution >= 0.6 is 0 Å². The van der Waals surface area contributed by atoms with Gasteiger partial charge in [0.2, 0.25) is 0 Å². The van der Waals surface area contributed by atoms with Gasteiger partial charge in [-0.15, -0.1) is 0 Å². The number of rotatable bonds is 5. The molecule has 1 aromatic rings. The minimum absolute atomic E-state index is 0.0797. The average Bonchev–Trinajstić information content (AvgIpc) is 2.63. The van der Waals surface area contributed by atoms with Crippen LogP contribution in [-0.2, 0) is 23.6 Å². The minimum Gasteiger partial charge on any atom is -0.464 e. The van der Waals surface area contributed by atoms with Crippen LogP contribution in [0.25, 0.3) is 0 Å². The van der Waals surface area contributed by atoms with E-state index in [-0.39, 0.29) is 18.0 Å². The van der Waals surface area contributed by atoms with Crippen LogP contribution in [0, 0.1) is 11.3 Å². The third kappa shape index (κ3) is 3.40. The quantitative estimate of drug-likeness (QED) is 0.539. The molecule has 0 aromatic carbocycles. The molecule has 0 saturated carbocycles. The van der Waals surface area contributed by atoms with E-state index in [1.54, 1.807) is 17.9 Å². The highest BCUT2D eigenvalue weighted by molar-refractivity contribution is 6.02. The molecule has 9 nitrogen and oxygen atoms in total. The van der Waals surface area contributed by atoms with Gasteiger partial charge in [0.05, 0.1) is 19.1 Å². The number of Topliss-reactive ketones (excluding diaryl/α,β-unsaturated/α-hetero) is 1. The van der Waals surface area contributed by atoms with E-state index in [4.69, 9.17) is 10.00 Å². The number of carbonyl (C=O) groups excluding carboxylic acids is 2. The predicted molar refractivity (Wildman–Crippen MR) is 93.1 cm³/mol. The Kier molecular flexibility index (Phi) is 5.97. The first-order valence-corrected chi connectivity index (χ1v) is 8.48. The third-order valence-electron chi connectivity index (χ3n) is 4.49. The molecule has 0 radical (unpaired) electrons. The molecule has 140 valence electrons. The smallest absolute Gasteiger partial charge is 0.332 e. The number of hydrogen-bond donors (Lipinski definition) is 0. The number of piperidine rings is 1. The van der Waals surface area contributed by atoms with E-state index in [0.717, 1.165) is 17.4 Å². The van der Waals surface area contributed by atoms with Gasteiger partial charge in [-0.2, -0.15) is 5.26 Å². The lowest BCUT2D eigenvalue weighted by Gasteiger charge is -2.37. The van der Waals surface area contributed by atoms with Crippen molar-refractivity contribution in [3.63, 3.8) is 0 Å². The van der Waals surface area contributed by atoms with Gasteiger partial charge >= 0.3 is 11.7 Å². The normalized spacial score (nSPS) is 16.8. The van der Waals surface area contributed by atoms with E-state index in [1.807, 2.05) is 0 Å². The highest BCUT2D eigenvalue weighted by Gasteiger charge is 2.35. The Labute approximate surface area is 150 Å². The predicted octanol–water partition coefficient (Wildman–Crippen LogP) is 0.102. The second-order valence-corrected chi connectivity index (χ2v) is 6.12. The van der Waals surface area contributed by atoms with Gasteiger partial charge in [0.15, 0.2) is 5.78 Å². The number of nitriles is 1. The molecule has 1 aromatic heterocycles. The van der Waals surface area contributed by atoms with Gasteiger partial charge < -0.3 is 9.64 Å². The summed E-state index contributed by atoms with van der Waals surface area (Å²) in [7, 11) is 2.72. The summed E-state index contributed by atoms with van der Waals surface area (Å²) in [5.41, 5.74) is -1.62. The van der Waals surface area contributed by atoms with Gasteiger partial charge in [-0.3, -0.25) is 18.7 Å². The standard InChI is InChI=1S/C17H22N4O5/c1-4-26-16(24)11-7-5-6-10-21(11)14-13(12(22)8-9-18)15(23)20(3)17(25)19(14)2/h11H,4-8,10H2,1-3H3. The second kappa shape index (κ2) is 7.99. The van der Waals surface area contributed by atoms with Crippen LogP contribution in [-0.4, -0.2) is 40.1 Å². The fourth-order valence-corrected chi connectivity index (χ4v) is 3.24. The van der Waals surface area contributed by atoms with Gasteiger partial charge in [0.1, 0.15) is 17.4 Å². The van der Waals surface area contributed by atoms with Crippen LogP contribution in [0.2, 0.25) is 0 Å². The Bertz CT molecular complexity index is 877. The molecule has 2 rings (SSSR count). The molecular formula is C17H22N4O5. The van der Waals surface area contributed by atoms with Crippen molar-refractivity contribution in [1.82, 2.24) is 9.13 Å². The molecule has 26 heavy (non-hydrogen) atoms. The van der Waals surface area contributed by atoms with E-state index in [0.29, 0.717) is 13.0 Å². The summed E-state index contributed by atoms with van der Waals surface area (Å²) in [5, 5.41) is 8.86. The van der Waals surface area contributed by atoms with Crippen molar-refractivity contribution in [2.24, 2.45) is 14.1 Å². The molecular weight excluding hydrogens is 340 g/mol. The largest absolute Gasteiger partial charge is 0.464 e. The molecule has 1 fully saturated rings. The summed E-state index contributed by atoms with van der Waals surface area (Å²) in [6.45, 7) is 2.30. The summed E-state index contributed by atoms with van der Waals surface area (Å²) in [4.78, 5) is 51.4. The van der Waals surface area contributed by atoms with E-state index >= 15 is 0 Å². The number of ketones is 1. The maximum atomic E-state index is 12.6. The Balaban J connectivity index is 2.71. The van der Waals surface area contributed by atoms with Gasteiger partial charge in [-0.1, -0.05) is 0 Å². The van der Waals surface area contributed by atoms with Crippen molar-refractivity contribution >= 4 is 17.6 Å². The maximum absolute atomic E-state index is 12.6. The van der Waals surface area contributed by atoms with Gasteiger partial charge in [0, 0.05) is 20.6 Å². The van der Waals surface area contributed by atoms with Crippen molar-refractivity contribution in [1.29, 1.82) is 5.26 Å². The first-order valence-electron chi connectivity index (χ1n) is 8.48. The first-order chi connectivity index (χ1) is 12.3. The fraction of sp³-hybridized carbons (Fsp3) is 0.588. The molecule has 1 atom stereocenters. The number of ether oxygens (including phenoxy) is 1. The second-order valence-electron chi connectivity index (χ2n) is 6.12. The molecule has 2 heterocycles. The highest BCUT2D eigenvalue weighted by Crippen LogP contribution is 2.27. The molecule has 1 aliphatic heterocycles. The lowest BCUT2D eigenvalue weighted by atomic mass is 10.0. The Morgan fingerprint density at radius 2 is 1.92 bits per heavy atom. The number of esters is 1. The zero-order valence-corrected chi connectivity index (χ0v) is 15.2. The van der Waals surface area contributed by atoms with Gasteiger partial charge in [-0.25, -0.2) is 9.59 Å². The summed E-state index contributed by atoms with van der Waals surface area (Å²) >= 11 is 0. The molecule has 0 N–H and O–H groups in total. The first kappa shape index (κ1) is 19.4. The van der Waals surface area contributed by atoms with Crippen molar-refractivity contribution in [2.75, 3.05) is 18.1 Å². The average molecular weight is 362 g/mol. The van der Waals surface area contributed by atoms with Crippen LogP contribution in [0.15, 0.2) is 9.59 Å². The molecule has 1 aliphatic rings. The van der Waals surface area contributed by atoms with Crippen LogP contribution in [0.3, 0.4) is 0 Å². The Morgan fingerprint density at radius 1 is 1.23 bits per heavy atom. The topological polar surface area (TPSA) is 114 Å². The van der Waals surface area contributed by atoms with E-state index in [1.165, 1.54) is 18.7 Å². The van der Waals surface area contributed by atoms with Crippen LogP contribution in [0.4, 0.5) is 5.82 Å². The molecule has 1 saturated heterocycles. The molecule has 0 spiro atoms. The number of anilines is 1. The van der Waals surface area contributed by atoms with Crippen molar-refractivity contribution < 1.29 is 14.3 Å². The van der Waals surface area contributed by atoms with E-state index in [2.05, 4.69) is 0 Å². The van der Waals surface area contributed by atoms with E-state index < -0.39 is 35.5 Å². The SMILES string of the molecule is CCOC(=O)C1CCCCN1c1c(C(=O)CC#N)c(=O)n(C)c(=O)n1C. The fourth-order valence-electron chi connectivity index (χ4n) is 3.24. The molecule has 9 heteroatoms. The lowest BCUT2D eigenvalue weighted by molar-refractivity contribution is -0.145. The summed E-state index contributed by atoms with van der Waals surface area (Å²) in [6, 6.07) is 1.05. The third-order valence-corrected chi connectivity index (χ3v) is 4.49. The zero-order chi connectivity index (χ0) is 19.4. The molecule has 0 aliphatic carbocycles.